The number of aromatic nitrogens is 1. The van der Waals surface area contributed by atoms with Gasteiger partial charge in [-0.2, -0.15) is 5.10 Å². The Bertz CT molecular complexity index is 1570. The molecule has 5 rings (SSSR count). The Morgan fingerprint density at radius 2 is 1.71 bits per heavy atom. The minimum Gasteiger partial charge on any atom is -0.507 e. The van der Waals surface area contributed by atoms with Crippen molar-refractivity contribution < 1.29 is 9.90 Å². The van der Waals surface area contributed by atoms with Crippen LogP contribution >= 0.6 is 23.2 Å². The molecular formula is C27H19Cl2N3O2. The molecule has 1 amide bonds. The number of aromatic hydroxyl groups is 1. The number of benzene rings is 4. The SMILES string of the molecule is O=C(NN=Cc1cn(Cc2ccc(Cl)cc2Cl)c2ccccc12)c1cc2ccccc2cc1O. The van der Waals surface area contributed by atoms with Crippen molar-refractivity contribution in [3.8, 4) is 5.75 Å². The predicted molar refractivity (Wildman–Crippen MR) is 138 cm³/mol. The summed E-state index contributed by atoms with van der Waals surface area (Å²) < 4.78 is 2.07. The zero-order valence-electron chi connectivity index (χ0n) is 17.9. The summed E-state index contributed by atoms with van der Waals surface area (Å²) in [5, 5.41) is 18.3. The molecule has 0 fully saturated rings. The van der Waals surface area contributed by atoms with Crippen LogP contribution in [0.1, 0.15) is 21.5 Å². The highest BCUT2D eigenvalue weighted by Crippen LogP contribution is 2.26. The maximum absolute atomic E-state index is 12.7. The van der Waals surface area contributed by atoms with Crippen molar-refractivity contribution in [1.29, 1.82) is 0 Å². The molecule has 0 spiro atoms. The second-order valence-electron chi connectivity index (χ2n) is 7.88. The van der Waals surface area contributed by atoms with E-state index in [-0.39, 0.29) is 11.3 Å². The number of carbonyl (C=O) groups is 1. The quantitative estimate of drug-likeness (QED) is 0.216. The Balaban J connectivity index is 1.40. The summed E-state index contributed by atoms with van der Waals surface area (Å²) in [5.41, 5.74) is 5.46. The number of carbonyl (C=O) groups excluding carboxylic acids is 1. The van der Waals surface area contributed by atoms with Crippen molar-refractivity contribution in [3.63, 3.8) is 0 Å². The molecule has 4 aromatic carbocycles. The molecule has 168 valence electrons. The van der Waals surface area contributed by atoms with Gasteiger partial charge in [0.05, 0.1) is 11.8 Å². The summed E-state index contributed by atoms with van der Waals surface area (Å²) in [6.45, 7) is 0.557. The maximum atomic E-state index is 12.7. The lowest BCUT2D eigenvalue weighted by molar-refractivity contribution is 0.0952. The molecule has 0 saturated carbocycles. The molecule has 0 aliphatic rings. The molecule has 0 aliphatic carbocycles. The van der Waals surface area contributed by atoms with Crippen molar-refractivity contribution in [2.24, 2.45) is 5.10 Å². The van der Waals surface area contributed by atoms with Gasteiger partial charge in [-0.15, -0.1) is 0 Å². The zero-order chi connectivity index (χ0) is 23.7. The van der Waals surface area contributed by atoms with Crippen molar-refractivity contribution in [3.05, 3.63) is 112 Å². The third-order valence-corrected chi connectivity index (χ3v) is 6.24. The summed E-state index contributed by atoms with van der Waals surface area (Å²) in [7, 11) is 0. The van der Waals surface area contributed by atoms with Crippen LogP contribution in [0.3, 0.4) is 0 Å². The molecule has 0 saturated heterocycles. The smallest absolute Gasteiger partial charge is 0.275 e. The Labute approximate surface area is 205 Å². The van der Waals surface area contributed by atoms with E-state index in [1.165, 1.54) is 0 Å². The van der Waals surface area contributed by atoms with Crippen LogP contribution in [0.4, 0.5) is 0 Å². The van der Waals surface area contributed by atoms with Crippen molar-refractivity contribution in [2.45, 2.75) is 6.54 Å². The van der Waals surface area contributed by atoms with Crippen molar-refractivity contribution in [1.82, 2.24) is 9.99 Å². The monoisotopic (exact) mass is 487 g/mol. The Morgan fingerprint density at radius 3 is 2.50 bits per heavy atom. The fraction of sp³-hybridized carbons (Fsp3) is 0.0370. The number of amides is 1. The average Bonchev–Trinajstić information content (AvgIpc) is 3.18. The van der Waals surface area contributed by atoms with Crippen molar-refractivity contribution >= 4 is 57.0 Å². The first-order chi connectivity index (χ1) is 16.5. The fourth-order valence-corrected chi connectivity index (χ4v) is 4.44. The van der Waals surface area contributed by atoms with E-state index in [2.05, 4.69) is 15.1 Å². The summed E-state index contributed by atoms with van der Waals surface area (Å²) in [5.74, 6) is -0.584. The van der Waals surface area contributed by atoms with Gasteiger partial charge in [0.1, 0.15) is 5.75 Å². The standard InChI is InChI=1S/C27H19Cl2N3O2/c28-21-10-9-19(24(29)13-21)15-32-16-20(22-7-3-4-8-25(22)32)14-30-31-27(34)23-11-17-5-1-2-6-18(17)12-26(23)33/h1-14,16,33H,15H2,(H,31,34). The van der Waals surface area contributed by atoms with Gasteiger partial charge >= 0.3 is 0 Å². The first-order valence-electron chi connectivity index (χ1n) is 10.6. The largest absolute Gasteiger partial charge is 0.507 e. The fourth-order valence-electron chi connectivity index (χ4n) is 3.97. The van der Waals surface area contributed by atoms with Crippen LogP contribution in [0, 0.1) is 0 Å². The van der Waals surface area contributed by atoms with E-state index in [0.717, 1.165) is 32.8 Å². The van der Waals surface area contributed by atoms with E-state index in [9.17, 15) is 9.90 Å². The van der Waals surface area contributed by atoms with Gasteiger partial charge < -0.3 is 9.67 Å². The Hall–Kier alpha value is -3.80. The van der Waals surface area contributed by atoms with E-state index < -0.39 is 5.91 Å². The average molecular weight is 488 g/mol. The van der Waals surface area contributed by atoms with Gasteiger partial charge in [-0.05, 0) is 46.7 Å². The van der Waals surface area contributed by atoms with E-state index in [0.29, 0.717) is 16.6 Å². The lowest BCUT2D eigenvalue weighted by atomic mass is 10.1. The van der Waals surface area contributed by atoms with Gasteiger partial charge in [-0.25, -0.2) is 5.43 Å². The van der Waals surface area contributed by atoms with Gasteiger partial charge in [-0.3, -0.25) is 4.79 Å². The molecule has 0 unspecified atom stereocenters. The van der Waals surface area contributed by atoms with Crippen molar-refractivity contribution in [2.75, 3.05) is 0 Å². The zero-order valence-corrected chi connectivity index (χ0v) is 19.4. The van der Waals surface area contributed by atoms with E-state index >= 15 is 0 Å². The molecule has 0 aliphatic heterocycles. The molecule has 0 bridgehead atoms. The molecule has 5 nitrogen and oxygen atoms in total. The first-order valence-corrected chi connectivity index (χ1v) is 11.3. The second-order valence-corrected chi connectivity index (χ2v) is 8.72. The first kappa shape index (κ1) is 22.0. The van der Waals surface area contributed by atoms with Gasteiger partial charge in [0.2, 0.25) is 0 Å². The van der Waals surface area contributed by atoms with E-state index in [1.54, 1.807) is 24.4 Å². The number of hydrogen-bond donors (Lipinski definition) is 2. The van der Waals surface area contributed by atoms with Crippen LogP contribution in [-0.2, 0) is 6.54 Å². The van der Waals surface area contributed by atoms with E-state index in [4.69, 9.17) is 23.2 Å². The van der Waals surface area contributed by atoms with Crippen LogP contribution < -0.4 is 5.43 Å². The second kappa shape index (κ2) is 9.21. The molecule has 1 heterocycles. The molecule has 34 heavy (non-hydrogen) atoms. The topological polar surface area (TPSA) is 66.6 Å². The van der Waals surface area contributed by atoms with Gasteiger partial charge in [0.15, 0.2) is 0 Å². The number of para-hydroxylation sites is 1. The number of nitrogens with one attached hydrogen (secondary N) is 1. The molecule has 2 N–H and O–H groups in total. The number of hydrogen-bond acceptors (Lipinski definition) is 3. The summed E-state index contributed by atoms with van der Waals surface area (Å²) in [6.07, 6.45) is 3.55. The highest BCUT2D eigenvalue weighted by molar-refractivity contribution is 6.35. The van der Waals surface area contributed by atoms with Crippen LogP contribution in [0.2, 0.25) is 10.0 Å². The highest BCUT2D eigenvalue weighted by atomic mass is 35.5. The summed E-state index contributed by atoms with van der Waals surface area (Å²) in [6, 6.07) is 24.1. The minimum absolute atomic E-state index is 0.0946. The lowest BCUT2D eigenvalue weighted by Crippen LogP contribution is -2.17. The summed E-state index contributed by atoms with van der Waals surface area (Å²) in [4.78, 5) is 12.7. The predicted octanol–water partition coefficient (Wildman–Crippen LogP) is 6.62. The van der Waals surface area contributed by atoms with Gasteiger partial charge in [-0.1, -0.05) is 71.7 Å². The number of phenolic OH excluding ortho intramolecular Hbond substituents is 1. The molecular weight excluding hydrogens is 469 g/mol. The van der Waals surface area contributed by atoms with Gasteiger partial charge in [0, 0.05) is 39.3 Å². The molecule has 5 aromatic rings. The number of fused-ring (bicyclic) bond motifs is 2. The third kappa shape index (κ3) is 4.36. The normalized spacial score (nSPS) is 11.5. The molecule has 0 radical (unpaired) electrons. The molecule has 7 heteroatoms. The van der Waals surface area contributed by atoms with Gasteiger partial charge in [0.25, 0.3) is 5.91 Å². The number of phenols is 1. The Morgan fingerprint density at radius 1 is 0.971 bits per heavy atom. The third-order valence-electron chi connectivity index (χ3n) is 5.65. The minimum atomic E-state index is -0.490. The van der Waals surface area contributed by atoms with Crippen LogP contribution in [0.25, 0.3) is 21.7 Å². The number of nitrogens with zero attached hydrogens (tertiary/aromatic N) is 2. The van der Waals surface area contributed by atoms with Crippen LogP contribution in [0.5, 0.6) is 5.75 Å². The molecule has 0 atom stereocenters. The highest BCUT2D eigenvalue weighted by Gasteiger charge is 2.13. The molecule has 1 aromatic heterocycles. The Kier molecular flexibility index (Phi) is 5.97. The number of rotatable bonds is 5. The number of halogens is 2. The van der Waals surface area contributed by atoms with Crippen LogP contribution in [-0.4, -0.2) is 21.8 Å². The van der Waals surface area contributed by atoms with Crippen LogP contribution in [0.15, 0.2) is 90.2 Å². The number of hydrazone groups is 1. The van der Waals surface area contributed by atoms with E-state index in [1.807, 2.05) is 66.9 Å². The lowest BCUT2D eigenvalue weighted by Gasteiger charge is -2.08. The summed E-state index contributed by atoms with van der Waals surface area (Å²) >= 11 is 12.4. The maximum Gasteiger partial charge on any atom is 0.275 e.